The number of nitrogens with one attached hydrogen (secondary N) is 1. The lowest BCUT2D eigenvalue weighted by molar-refractivity contribution is -0.163. The zero-order chi connectivity index (χ0) is 30.0. The van der Waals surface area contributed by atoms with Crippen molar-refractivity contribution >= 4 is 18.0 Å². The average molecular weight is 577 g/mol. The number of hydrogen-bond acceptors (Lipinski definition) is 5. The van der Waals surface area contributed by atoms with Crippen molar-refractivity contribution in [2.75, 3.05) is 13.2 Å². The van der Waals surface area contributed by atoms with Gasteiger partial charge in [0.25, 0.3) is 0 Å². The van der Waals surface area contributed by atoms with Gasteiger partial charge in [-0.2, -0.15) is 0 Å². The van der Waals surface area contributed by atoms with Crippen LogP contribution in [0.5, 0.6) is 0 Å². The van der Waals surface area contributed by atoms with Crippen LogP contribution in [-0.4, -0.2) is 53.7 Å². The molecule has 2 aliphatic rings. The monoisotopic (exact) mass is 576 g/mol. The number of carbonyl (C=O) groups is 3. The third-order valence-electron chi connectivity index (χ3n) is 7.51. The third-order valence-corrected chi connectivity index (χ3v) is 7.51. The molecule has 9 heteroatoms. The number of rotatable bonds is 7. The fraction of sp³-hybridized carbons (Fsp3) is 0.364. The molecule has 1 saturated heterocycles. The lowest BCUT2D eigenvalue weighted by atomic mass is 9.98. The first-order valence-corrected chi connectivity index (χ1v) is 14.1. The van der Waals surface area contributed by atoms with Gasteiger partial charge in [-0.05, 0) is 73.6 Å². The Hall–Kier alpha value is -4.27. The number of esters is 1. The number of alkyl carbamates (subject to hydrolysis) is 1. The summed E-state index contributed by atoms with van der Waals surface area (Å²) in [6.45, 7) is 5.53. The van der Waals surface area contributed by atoms with Crippen LogP contribution in [0, 0.1) is 11.6 Å². The number of carbonyl (C=O) groups excluding carboxylic acids is 3. The smallest absolute Gasteiger partial charge is 0.407 e. The summed E-state index contributed by atoms with van der Waals surface area (Å²) in [4.78, 5) is 41.2. The van der Waals surface area contributed by atoms with Gasteiger partial charge in [-0.25, -0.2) is 18.4 Å². The molecule has 1 aliphatic carbocycles. The minimum Gasteiger partial charge on any atom is -0.458 e. The molecule has 3 aromatic rings. The maximum Gasteiger partial charge on any atom is 0.407 e. The molecule has 3 aromatic carbocycles. The maximum absolute atomic E-state index is 14.0. The van der Waals surface area contributed by atoms with Crippen LogP contribution in [0.1, 0.15) is 56.2 Å². The largest absolute Gasteiger partial charge is 0.458 e. The molecule has 0 spiro atoms. The number of likely N-dealkylation sites (tertiary alicyclic amines) is 1. The lowest BCUT2D eigenvalue weighted by Gasteiger charge is -2.30. The van der Waals surface area contributed by atoms with Crippen LogP contribution in [0.4, 0.5) is 13.6 Å². The van der Waals surface area contributed by atoms with E-state index >= 15 is 0 Å². The highest BCUT2D eigenvalue weighted by Gasteiger charge is 2.40. The van der Waals surface area contributed by atoms with Crippen molar-refractivity contribution in [2.45, 2.75) is 63.6 Å². The highest BCUT2D eigenvalue weighted by Crippen LogP contribution is 2.44. The molecule has 2 atom stereocenters. The molecule has 0 bridgehead atoms. The number of halogens is 2. The van der Waals surface area contributed by atoms with E-state index in [9.17, 15) is 23.2 Å². The Balaban J connectivity index is 1.34. The van der Waals surface area contributed by atoms with Gasteiger partial charge in [0.2, 0.25) is 5.91 Å². The SMILES string of the molecule is CC(C)(C)OC(=O)[C@@H]1CCCN1C(=O)[C@H](Cc1cc(F)cc(F)c1)NC(=O)OCC1c2ccccc2-c2ccccc21. The van der Waals surface area contributed by atoms with Crippen LogP contribution in [0.3, 0.4) is 0 Å². The van der Waals surface area contributed by atoms with Gasteiger partial charge in [-0.3, -0.25) is 4.79 Å². The predicted molar refractivity (Wildman–Crippen MR) is 153 cm³/mol. The zero-order valence-corrected chi connectivity index (χ0v) is 23.9. The zero-order valence-electron chi connectivity index (χ0n) is 23.9. The Morgan fingerprint density at radius 2 is 1.55 bits per heavy atom. The molecule has 7 nitrogen and oxygen atoms in total. The summed E-state index contributed by atoms with van der Waals surface area (Å²) < 4.78 is 39.2. The van der Waals surface area contributed by atoms with Crippen molar-refractivity contribution in [1.82, 2.24) is 10.2 Å². The molecule has 0 saturated carbocycles. The van der Waals surface area contributed by atoms with E-state index in [-0.39, 0.29) is 31.1 Å². The summed E-state index contributed by atoms with van der Waals surface area (Å²) in [6, 6.07) is 16.7. The van der Waals surface area contributed by atoms with E-state index < -0.39 is 47.3 Å². The Bertz CT molecular complexity index is 1440. The second-order valence-electron chi connectivity index (χ2n) is 11.7. The van der Waals surface area contributed by atoms with Gasteiger partial charge >= 0.3 is 12.1 Å². The number of fused-ring (bicyclic) bond motifs is 3. The van der Waals surface area contributed by atoms with Crippen LogP contribution in [0.25, 0.3) is 11.1 Å². The molecule has 0 unspecified atom stereocenters. The molecule has 220 valence electrons. The van der Waals surface area contributed by atoms with E-state index in [1.807, 2.05) is 48.5 Å². The van der Waals surface area contributed by atoms with Gasteiger partial charge in [0, 0.05) is 24.9 Å². The highest BCUT2D eigenvalue weighted by atomic mass is 19.1. The number of hydrogen-bond donors (Lipinski definition) is 1. The van der Waals surface area contributed by atoms with Crippen molar-refractivity contribution in [1.29, 1.82) is 0 Å². The topological polar surface area (TPSA) is 84.9 Å². The first kappa shape index (κ1) is 29.2. The lowest BCUT2D eigenvalue weighted by Crippen LogP contribution is -2.53. The van der Waals surface area contributed by atoms with Crippen molar-refractivity contribution < 1.29 is 32.6 Å². The van der Waals surface area contributed by atoms with Crippen LogP contribution < -0.4 is 5.32 Å². The van der Waals surface area contributed by atoms with Crippen LogP contribution in [0.2, 0.25) is 0 Å². The molecule has 2 amide bonds. The van der Waals surface area contributed by atoms with Crippen LogP contribution in [-0.2, 0) is 25.5 Å². The fourth-order valence-electron chi connectivity index (χ4n) is 5.79. The Morgan fingerprint density at radius 1 is 0.952 bits per heavy atom. The van der Waals surface area contributed by atoms with E-state index in [1.165, 1.54) is 4.90 Å². The number of nitrogens with zero attached hydrogens (tertiary/aromatic N) is 1. The van der Waals surface area contributed by atoms with Crippen LogP contribution in [0.15, 0.2) is 66.7 Å². The van der Waals surface area contributed by atoms with Crippen LogP contribution >= 0.6 is 0 Å². The summed E-state index contributed by atoms with van der Waals surface area (Å²) >= 11 is 0. The van der Waals surface area contributed by atoms with Gasteiger partial charge in [0.05, 0.1) is 0 Å². The normalized spacial score (nSPS) is 16.9. The number of benzene rings is 3. The molecule has 1 fully saturated rings. The third kappa shape index (κ3) is 6.45. The minimum atomic E-state index is -1.23. The standard InChI is InChI=1S/C33H34F2N2O5/c1-33(2,3)42-31(39)29-13-8-14-37(29)30(38)28(17-20-15-21(34)18-22(35)16-20)36-32(40)41-19-27-25-11-6-4-9-23(25)24-10-5-7-12-26(24)27/h4-7,9-12,15-16,18,27-29H,8,13-14,17,19H2,1-3H3,(H,36,40)/t28-,29-/m0/s1. The number of ether oxygens (including phenoxy) is 2. The molecule has 1 heterocycles. The molecule has 1 N–H and O–H groups in total. The van der Waals surface area contributed by atoms with Gasteiger partial charge < -0.3 is 19.7 Å². The predicted octanol–water partition coefficient (Wildman–Crippen LogP) is 5.75. The molecule has 0 radical (unpaired) electrons. The summed E-state index contributed by atoms with van der Waals surface area (Å²) in [5.41, 5.74) is 3.65. The summed E-state index contributed by atoms with van der Waals surface area (Å²) in [7, 11) is 0. The van der Waals surface area contributed by atoms with Gasteiger partial charge in [0.15, 0.2) is 0 Å². The molecule has 5 rings (SSSR count). The average Bonchev–Trinajstić information content (AvgIpc) is 3.53. The van der Waals surface area contributed by atoms with E-state index in [4.69, 9.17) is 9.47 Å². The van der Waals surface area contributed by atoms with Gasteiger partial charge in [0.1, 0.15) is 35.9 Å². The number of amides is 2. The first-order chi connectivity index (χ1) is 20.0. The van der Waals surface area contributed by atoms with Crippen molar-refractivity contribution in [3.8, 4) is 11.1 Å². The Kier molecular flexibility index (Phi) is 8.29. The minimum absolute atomic E-state index is 0.0274. The Labute approximate surface area is 243 Å². The maximum atomic E-state index is 14.0. The quantitative estimate of drug-likeness (QED) is 0.362. The first-order valence-electron chi connectivity index (χ1n) is 14.1. The molecule has 42 heavy (non-hydrogen) atoms. The highest BCUT2D eigenvalue weighted by molar-refractivity contribution is 5.90. The van der Waals surface area contributed by atoms with Crippen molar-refractivity contribution in [3.63, 3.8) is 0 Å². The second-order valence-corrected chi connectivity index (χ2v) is 11.7. The molecular formula is C33H34F2N2O5. The fourth-order valence-corrected chi connectivity index (χ4v) is 5.79. The van der Waals surface area contributed by atoms with E-state index in [0.717, 1.165) is 40.5 Å². The molecule has 0 aromatic heterocycles. The second kappa shape index (κ2) is 11.9. The van der Waals surface area contributed by atoms with Crippen molar-refractivity contribution in [3.05, 3.63) is 95.1 Å². The van der Waals surface area contributed by atoms with E-state index in [1.54, 1.807) is 20.8 Å². The van der Waals surface area contributed by atoms with E-state index in [0.29, 0.717) is 12.8 Å². The Morgan fingerprint density at radius 3 is 2.14 bits per heavy atom. The van der Waals surface area contributed by atoms with Crippen molar-refractivity contribution in [2.24, 2.45) is 0 Å². The summed E-state index contributed by atoms with van der Waals surface area (Å²) in [5.74, 6) is -2.88. The van der Waals surface area contributed by atoms with Gasteiger partial charge in [-0.15, -0.1) is 0 Å². The van der Waals surface area contributed by atoms with E-state index in [2.05, 4.69) is 5.32 Å². The molecule has 1 aliphatic heterocycles. The summed E-state index contributed by atoms with van der Waals surface area (Å²) in [5, 5.41) is 2.61. The molecular weight excluding hydrogens is 542 g/mol. The summed E-state index contributed by atoms with van der Waals surface area (Å²) in [6.07, 6.45) is -0.0653. The van der Waals surface area contributed by atoms with Gasteiger partial charge in [-0.1, -0.05) is 48.5 Å².